The van der Waals surface area contributed by atoms with Gasteiger partial charge in [-0.05, 0) is 35.4 Å². The fraction of sp³-hybridized carbons (Fsp3) is 0.259. The third-order valence-electron chi connectivity index (χ3n) is 6.49. The number of hydrogen-bond acceptors (Lipinski definition) is 9. The highest BCUT2D eigenvalue weighted by atomic mass is 16.5. The molecule has 0 saturated heterocycles. The van der Waals surface area contributed by atoms with E-state index in [1.54, 1.807) is 17.6 Å². The Kier molecular flexibility index (Phi) is 7.86. The molecule has 202 valence electrons. The minimum absolute atomic E-state index is 0.00417. The first-order chi connectivity index (χ1) is 18.6. The van der Waals surface area contributed by atoms with Crippen molar-refractivity contribution in [3.63, 3.8) is 0 Å². The molecule has 1 heterocycles. The van der Waals surface area contributed by atoms with Crippen LogP contribution in [0, 0.1) is 0 Å². The molecule has 1 saturated carbocycles. The normalized spacial score (nSPS) is 16.4. The Morgan fingerprint density at radius 2 is 1.44 bits per heavy atom. The van der Waals surface area contributed by atoms with Crippen molar-refractivity contribution in [3.8, 4) is 17.2 Å². The predicted molar refractivity (Wildman–Crippen MR) is 137 cm³/mol. The number of hydrogen-bond donors (Lipinski definition) is 4. The second-order valence-electron chi connectivity index (χ2n) is 9.51. The van der Waals surface area contributed by atoms with E-state index in [2.05, 4.69) is 29.1 Å². The van der Waals surface area contributed by atoms with Gasteiger partial charge in [0, 0.05) is 24.3 Å². The molecule has 0 atom stereocenters. The molecule has 0 spiro atoms. The number of nitrogens with zero attached hydrogens (tertiary/aromatic N) is 2. The van der Waals surface area contributed by atoms with Crippen LogP contribution in [0.1, 0.15) is 48.4 Å². The first-order valence-corrected chi connectivity index (χ1v) is 12.0. The molecule has 39 heavy (non-hydrogen) atoms. The Labute approximate surface area is 223 Å². The van der Waals surface area contributed by atoms with Crippen LogP contribution in [0.2, 0.25) is 0 Å². The van der Waals surface area contributed by atoms with Gasteiger partial charge >= 0.3 is 12.0 Å². The van der Waals surface area contributed by atoms with E-state index in [-0.39, 0.29) is 23.3 Å². The van der Waals surface area contributed by atoms with E-state index in [4.69, 9.17) is 20.4 Å². The summed E-state index contributed by atoms with van der Waals surface area (Å²) in [6, 6.07) is 15.2. The van der Waals surface area contributed by atoms with Crippen molar-refractivity contribution in [2.24, 2.45) is 5.84 Å². The average molecular weight is 534 g/mol. The van der Waals surface area contributed by atoms with Crippen molar-refractivity contribution < 1.29 is 33.8 Å². The van der Waals surface area contributed by atoms with Crippen LogP contribution in [0.25, 0.3) is 0 Å². The maximum atomic E-state index is 11.9. The molecule has 1 aliphatic carbocycles. The van der Waals surface area contributed by atoms with Gasteiger partial charge in [0.25, 0.3) is 11.6 Å². The Bertz CT molecular complexity index is 1370. The van der Waals surface area contributed by atoms with E-state index >= 15 is 0 Å². The van der Waals surface area contributed by atoms with E-state index < -0.39 is 29.4 Å². The molecule has 2 aromatic carbocycles. The molecular formula is C27H27N5O7. The number of ketones is 2. The van der Waals surface area contributed by atoms with Crippen LogP contribution in [-0.2, 0) is 15.0 Å². The van der Waals surface area contributed by atoms with Gasteiger partial charge in [-0.2, -0.15) is 0 Å². The minimum Gasteiger partial charge on any atom is -0.490 e. The summed E-state index contributed by atoms with van der Waals surface area (Å²) in [5, 5.41) is 11.2. The number of rotatable bonds is 10. The fourth-order valence-electron chi connectivity index (χ4n) is 4.10. The van der Waals surface area contributed by atoms with Crippen molar-refractivity contribution in [2.45, 2.75) is 44.2 Å². The van der Waals surface area contributed by atoms with Crippen LogP contribution in [0.5, 0.6) is 17.2 Å². The summed E-state index contributed by atoms with van der Waals surface area (Å²) in [6.07, 6.45) is 2.72. The standard InChI is InChI=1S/C27H27N5O7/c1-27(2,15-3-7-18(8-4-15)38-20-11-17(12-20)31-26(36)37)16-5-9-19(10-6-16)39-21-13-29-24(30-14-21)22(33)23(34)25(35)32-28/h3-10,13-14,17,20,31H,11-12,28H2,1-2H3,(H,32,35)(H,36,37)/t17-,20-. The van der Waals surface area contributed by atoms with Gasteiger partial charge in [0.1, 0.15) is 17.6 Å². The van der Waals surface area contributed by atoms with Crippen molar-refractivity contribution in [1.29, 1.82) is 0 Å². The van der Waals surface area contributed by atoms with Gasteiger partial charge in [-0.1, -0.05) is 38.1 Å². The molecule has 0 bridgehead atoms. The van der Waals surface area contributed by atoms with Gasteiger partial charge in [-0.3, -0.25) is 19.8 Å². The first kappa shape index (κ1) is 27.2. The van der Waals surface area contributed by atoms with E-state index in [1.807, 2.05) is 36.4 Å². The smallest absolute Gasteiger partial charge is 0.404 e. The molecule has 0 aliphatic heterocycles. The van der Waals surface area contributed by atoms with E-state index in [1.165, 1.54) is 12.4 Å². The highest BCUT2D eigenvalue weighted by Gasteiger charge is 2.32. The molecule has 5 N–H and O–H groups in total. The largest absolute Gasteiger partial charge is 0.490 e. The second kappa shape index (κ2) is 11.3. The topological polar surface area (TPSA) is 183 Å². The highest BCUT2D eigenvalue weighted by molar-refractivity contribution is 6.66. The Hall–Kier alpha value is -4.84. The zero-order chi connectivity index (χ0) is 28.2. The first-order valence-electron chi connectivity index (χ1n) is 12.0. The zero-order valence-corrected chi connectivity index (χ0v) is 21.2. The molecule has 3 aromatic rings. The number of ether oxygens (including phenoxy) is 2. The van der Waals surface area contributed by atoms with Gasteiger partial charge < -0.3 is 19.9 Å². The average Bonchev–Trinajstić information content (AvgIpc) is 2.91. The number of carboxylic acid groups (broad SMARTS) is 1. The molecule has 0 unspecified atom stereocenters. The highest BCUT2D eigenvalue weighted by Crippen LogP contribution is 2.34. The molecule has 0 radical (unpaired) electrons. The molecule has 1 fully saturated rings. The summed E-state index contributed by atoms with van der Waals surface area (Å²) in [6.45, 7) is 4.20. The lowest BCUT2D eigenvalue weighted by molar-refractivity contribution is -0.135. The SMILES string of the molecule is CC(C)(c1ccc(Oc2cnc(C(=O)C(=O)C(=O)NN)nc2)cc1)c1ccc(O[C@H]2C[C@H](NC(=O)O)C2)cc1. The van der Waals surface area contributed by atoms with Crippen LogP contribution < -0.4 is 26.1 Å². The number of hydrazine groups is 1. The Balaban J connectivity index is 1.35. The molecule has 2 amide bonds. The summed E-state index contributed by atoms with van der Waals surface area (Å²) in [5.74, 6) is 2.09. The molecule has 1 aliphatic rings. The van der Waals surface area contributed by atoms with Gasteiger partial charge in [-0.25, -0.2) is 20.6 Å². The summed E-state index contributed by atoms with van der Waals surface area (Å²) in [5.41, 5.74) is 3.39. The predicted octanol–water partition coefficient (Wildman–Crippen LogP) is 2.51. The Morgan fingerprint density at radius 3 is 1.95 bits per heavy atom. The summed E-state index contributed by atoms with van der Waals surface area (Å²) < 4.78 is 11.7. The zero-order valence-electron chi connectivity index (χ0n) is 21.2. The van der Waals surface area contributed by atoms with Gasteiger partial charge in [-0.15, -0.1) is 0 Å². The number of nitrogens with two attached hydrogens (primary N) is 1. The summed E-state index contributed by atoms with van der Waals surface area (Å²) in [7, 11) is 0. The summed E-state index contributed by atoms with van der Waals surface area (Å²) in [4.78, 5) is 53.0. The van der Waals surface area contributed by atoms with Crippen LogP contribution in [0.15, 0.2) is 60.9 Å². The molecule has 4 rings (SSSR count). The van der Waals surface area contributed by atoms with Crippen LogP contribution in [0.3, 0.4) is 0 Å². The molecular weight excluding hydrogens is 506 g/mol. The second-order valence-corrected chi connectivity index (χ2v) is 9.51. The molecule has 12 nitrogen and oxygen atoms in total. The lowest BCUT2D eigenvalue weighted by Gasteiger charge is -2.35. The number of amides is 2. The number of carbonyl (C=O) groups is 4. The lowest BCUT2D eigenvalue weighted by Crippen LogP contribution is -2.48. The summed E-state index contributed by atoms with van der Waals surface area (Å²) >= 11 is 0. The van der Waals surface area contributed by atoms with Crippen LogP contribution in [0.4, 0.5) is 4.79 Å². The van der Waals surface area contributed by atoms with Crippen molar-refractivity contribution in [1.82, 2.24) is 20.7 Å². The number of carbonyl (C=O) groups excluding carboxylic acids is 3. The number of benzene rings is 2. The van der Waals surface area contributed by atoms with Crippen molar-refractivity contribution in [3.05, 3.63) is 77.9 Å². The lowest BCUT2D eigenvalue weighted by atomic mass is 9.78. The number of aromatic nitrogens is 2. The quantitative estimate of drug-likeness (QED) is 0.0754. The van der Waals surface area contributed by atoms with Gasteiger partial charge in [0.05, 0.1) is 12.4 Å². The van der Waals surface area contributed by atoms with Crippen molar-refractivity contribution in [2.75, 3.05) is 0 Å². The maximum absolute atomic E-state index is 11.9. The molecule has 1 aromatic heterocycles. The maximum Gasteiger partial charge on any atom is 0.404 e. The number of Topliss-reactive ketones (excluding diaryl/α,β-unsaturated/α-hetero) is 2. The van der Waals surface area contributed by atoms with Crippen LogP contribution in [-0.4, -0.2) is 50.8 Å². The molecule has 12 heteroatoms. The third-order valence-corrected chi connectivity index (χ3v) is 6.49. The van der Waals surface area contributed by atoms with E-state index in [0.717, 1.165) is 16.9 Å². The van der Waals surface area contributed by atoms with E-state index in [0.29, 0.717) is 18.6 Å². The number of nitrogens with one attached hydrogen (secondary N) is 2. The third kappa shape index (κ3) is 6.36. The monoisotopic (exact) mass is 533 g/mol. The van der Waals surface area contributed by atoms with Crippen LogP contribution >= 0.6 is 0 Å². The van der Waals surface area contributed by atoms with Crippen molar-refractivity contribution >= 4 is 23.6 Å². The van der Waals surface area contributed by atoms with E-state index in [9.17, 15) is 19.2 Å². The fourth-order valence-corrected chi connectivity index (χ4v) is 4.10. The van der Waals surface area contributed by atoms with Gasteiger partial charge in [0.2, 0.25) is 5.82 Å². The van der Waals surface area contributed by atoms with Gasteiger partial charge in [0.15, 0.2) is 5.75 Å². The minimum atomic E-state index is -1.37. The Morgan fingerprint density at radius 1 is 0.897 bits per heavy atom.